The number of amides is 1. The second kappa shape index (κ2) is 9.04. The van der Waals surface area contributed by atoms with E-state index in [9.17, 15) is 14.4 Å². The van der Waals surface area contributed by atoms with Crippen LogP contribution in [0.3, 0.4) is 0 Å². The van der Waals surface area contributed by atoms with Crippen LogP contribution in [0.4, 0.5) is 0 Å². The topological polar surface area (TPSA) is 104 Å². The Morgan fingerprint density at radius 3 is 2.21 bits per heavy atom. The maximum Gasteiger partial charge on any atom is 0.326 e. The molecule has 1 atom stereocenters. The largest absolute Gasteiger partial charge is 0.481 e. The lowest BCUT2D eigenvalue weighted by Crippen LogP contribution is -2.49. The Kier molecular flexibility index (Phi) is 7.70. The summed E-state index contributed by atoms with van der Waals surface area (Å²) in [5.41, 5.74) is -0.596. The predicted molar refractivity (Wildman–Crippen MR) is 90.6 cm³/mol. The molecule has 0 bridgehead atoms. The average molecular weight is 341 g/mol. The lowest BCUT2D eigenvalue weighted by molar-refractivity contribution is -0.148. The Morgan fingerprint density at radius 2 is 1.75 bits per heavy atom. The van der Waals surface area contributed by atoms with Gasteiger partial charge in [0.15, 0.2) is 0 Å². The van der Waals surface area contributed by atoms with Crippen molar-refractivity contribution in [2.45, 2.75) is 78.2 Å². The van der Waals surface area contributed by atoms with Crippen LogP contribution in [0.2, 0.25) is 0 Å². The summed E-state index contributed by atoms with van der Waals surface area (Å²) in [5, 5.41) is 20.2. The zero-order chi connectivity index (χ0) is 18.3. The van der Waals surface area contributed by atoms with Crippen molar-refractivity contribution in [2.75, 3.05) is 0 Å². The molecule has 0 aromatic carbocycles. The maximum atomic E-state index is 12.5. The van der Waals surface area contributed by atoms with E-state index in [1.807, 2.05) is 6.92 Å². The predicted octanol–water partition coefficient (Wildman–Crippen LogP) is 3.05. The fraction of sp³-hybridized carbons (Fsp3) is 0.833. The molecule has 1 fully saturated rings. The van der Waals surface area contributed by atoms with Crippen molar-refractivity contribution in [3.63, 3.8) is 0 Å². The second-order valence-corrected chi connectivity index (χ2v) is 7.79. The van der Waals surface area contributed by atoms with Crippen LogP contribution in [0.15, 0.2) is 0 Å². The summed E-state index contributed by atoms with van der Waals surface area (Å²) in [4.78, 5) is 34.3. The van der Waals surface area contributed by atoms with Gasteiger partial charge in [-0.1, -0.05) is 40.0 Å². The highest BCUT2D eigenvalue weighted by atomic mass is 16.4. The van der Waals surface area contributed by atoms with Crippen molar-refractivity contribution in [2.24, 2.45) is 17.3 Å². The number of hydrogen-bond donors (Lipinski definition) is 3. The molecule has 0 spiro atoms. The highest BCUT2D eigenvalue weighted by Crippen LogP contribution is 2.40. The summed E-state index contributed by atoms with van der Waals surface area (Å²) in [7, 11) is 0. The average Bonchev–Trinajstić information content (AvgIpc) is 2.47. The third-order valence-corrected chi connectivity index (χ3v) is 5.13. The van der Waals surface area contributed by atoms with Crippen LogP contribution in [-0.4, -0.2) is 34.1 Å². The number of aliphatic carboxylic acids is 2. The normalized spacial score (nSPS) is 25.2. The highest BCUT2D eigenvalue weighted by molar-refractivity contribution is 5.89. The smallest absolute Gasteiger partial charge is 0.326 e. The van der Waals surface area contributed by atoms with E-state index < -0.39 is 29.8 Å². The quantitative estimate of drug-likeness (QED) is 0.598. The van der Waals surface area contributed by atoms with Crippen LogP contribution in [0.5, 0.6) is 0 Å². The molecule has 1 saturated carbocycles. The molecule has 0 unspecified atom stereocenters. The number of nitrogens with one attached hydrogen (secondary N) is 1. The van der Waals surface area contributed by atoms with Gasteiger partial charge in [0, 0.05) is 5.41 Å². The minimum absolute atomic E-state index is 0.336. The van der Waals surface area contributed by atoms with Crippen LogP contribution in [0.1, 0.15) is 72.1 Å². The van der Waals surface area contributed by atoms with E-state index in [4.69, 9.17) is 10.2 Å². The third kappa shape index (κ3) is 6.49. The standard InChI is InChI=1S/C18H31NO5/c1-12(2)5-4-6-13-7-9-18(3,10-8-13)17(24)19-14(16(22)23)11-15(20)21/h12-14H,4-11H2,1-3H3,(H,19,24)(H,20,21)(H,22,23)/t13-,14-,18+/m0/s1. The number of rotatable bonds is 9. The molecule has 6 heteroatoms. The maximum absolute atomic E-state index is 12.5. The lowest BCUT2D eigenvalue weighted by Gasteiger charge is -2.36. The summed E-state index contributed by atoms with van der Waals surface area (Å²) in [6, 6.07) is -1.37. The molecule has 0 saturated heterocycles. The number of carbonyl (C=O) groups excluding carboxylic acids is 1. The SMILES string of the molecule is CC(C)CCC[C@H]1CC[C@@](C)(C(=O)N[C@@H](CC(=O)O)C(=O)O)CC1. The molecule has 6 nitrogen and oxygen atoms in total. The van der Waals surface area contributed by atoms with Gasteiger partial charge in [-0.3, -0.25) is 9.59 Å². The molecule has 0 aromatic heterocycles. The van der Waals surface area contributed by atoms with Gasteiger partial charge >= 0.3 is 11.9 Å². The van der Waals surface area contributed by atoms with E-state index in [1.54, 1.807) is 0 Å². The van der Waals surface area contributed by atoms with Gasteiger partial charge in [0.05, 0.1) is 6.42 Å². The van der Waals surface area contributed by atoms with Gasteiger partial charge in [-0.2, -0.15) is 0 Å². The molecule has 3 N–H and O–H groups in total. The van der Waals surface area contributed by atoms with Crippen LogP contribution >= 0.6 is 0 Å². The van der Waals surface area contributed by atoms with E-state index in [-0.39, 0.29) is 5.91 Å². The molecule has 1 aliphatic rings. The Bertz CT molecular complexity index is 452. The van der Waals surface area contributed by atoms with Gasteiger partial charge in [0.1, 0.15) is 6.04 Å². The van der Waals surface area contributed by atoms with Crippen LogP contribution < -0.4 is 5.32 Å². The molecular formula is C18H31NO5. The van der Waals surface area contributed by atoms with Crippen molar-refractivity contribution >= 4 is 17.8 Å². The van der Waals surface area contributed by atoms with E-state index in [2.05, 4.69) is 19.2 Å². The summed E-state index contributed by atoms with van der Waals surface area (Å²) < 4.78 is 0. The zero-order valence-corrected chi connectivity index (χ0v) is 15.0. The monoisotopic (exact) mass is 341 g/mol. The second-order valence-electron chi connectivity index (χ2n) is 7.79. The molecule has 1 amide bonds. The van der Waals surface area contributed by atoms with Gasteiger partial charge in [-0.05, 0) is 37.5 Å². The number of carboxylic acids is 2. The zero-order valence-electron chi connectivity index (χ0n) is 15.0. The Labute approximate surface area is 144 Å². The van der Waals surface area contributed by atoms with Gasteiger partial charge in [-0.25, -0.2) is 4.79 Å². The Hall–Kier alpha value is -1.59. The van der Waals surface area contributed by atoms with Gasteiger partial charge < -0.3 is 15.5 Å². The fourth-order valence-electron chi connectivity index (χ4n) is 3.35. The van der Waals surface area contributed by atoms with Crippen LogP contribution in [0.25, 0.3) is 0 Å². The Balaban J connectivity index is 2.50. The molecule has 0 radical (unpaired) electrons. The molecule has 0 aliphatic heterocycles. The first-order chi connectivity index (χ1) is 11.1. The van der Waals surface area contributed by atoms with E-state index in [0.717, 1.165) is 25.7 Å². The van der Waals surface area contributed by atoms with Crippen molar-refractivity contribution < 1.29 is 24.6 Å². The lowest BCUT2D eigenvalue weighted by atomic mass is 9.70. The first-order valence-corrected chi connectivity index (χ1v) is 8.89. The number of hydrogen-bond acceptors (Lipinski definition) is 3. The third-order valence-electron chi connectivity index (χ3n) is 5.13. The van der Waals surface area contributed by atoms with Gasteiger partial charge in [0.25, 0.3) is 0 Å². The van der Waals surface area contributed by atoms with Crippen molar-refractivity contribution in [1.29, 1.82) is 0 Å². The van der Waals surface area contributed by atoms with Crippen LogP contribution in [0, 0.1) is 17.3 Å². The fourth-order valence-corrected chi connectivity index (χ4v) is 3.35. The van der Waals surface area contributed by atoms with Crippen molar-refractivity contribution in [3.05, 3.63) is 0 Å². The van der Waals surface area contributed by atoms with Crippen molar-refractivity contribution in [1.82, 2.24) is 5.32 Å². The molecule has 1 aliphatic carbocycles. The minimum atomic E-state index is -1.37. The summed E-state index contributed by atoms with van der Waals surface area (Å²) in [6.07, 6.45) is 6.42. The molecular weight excluding hydrogens is 310 g/mol. The summed E-state index contributed by atoms with van der Waals surface area (Å²) in [5.74, 6) is -1.53. The molecule has 138 valence electrons. The van der Waals surface area contributed by atoms with Gasteiger partial charge in [0.2, 0.25) is 5.91 Å². The van der Waals surface area contributed by atoms with E-state index in [0.29, 0.717) is 11.8 Å². The number of carboxylic acid groups (broad SMARTS) is 2. The first-order valence-electron chi connectivity index (χ1n) is 8.89. The molecule has 24 heavy (non-hydrogen) atoms. The Morgan fingerprint density at radius 1 is 1.17 bits per heavy atom. The molecule has 0 heterocycles. The first kappa shape index (κ1) is 20.5. The summed E-state index contributed by atoms with van der Waals surface area (Å²) >= 11 is 0. The van der Waals surface area contributed by atoms with Crippen LogP contribution in [-0.2, 0) is 14.4 Å². The molecule has 0 aromatic rings. The highest BCUT2D eigenvalue weighted by Gasteiger charge is 2.39. The van der Waals surface area contributed by atoms with E-state index in [1.165, 1.54) is 19.3 Å². The van der Waals surface area contributed by atoms with Gasteiger partial charge in [-0.15, -0.1) is 0 Å². The summed E-state index contributed by atoms with van der Waals surface area (Å²) in [6.45, 7) is 6.29. The minimum Gasteiger partial charge on any atom is -0.481 e. The molecule has 1 rings (SSSR count). The van der Waals surface area contributed by atoms with Crippen molar-refractivity contribution in [3.8, 4) is 0 Å². The number of carbonyl (C=O) groups is 3. The van der Waals surface area contributed by atoms with E-state index >= 15 is 0 Å².